The number of aryl methyl sites for hydroxylation is 3. The molecule has 1 saturated heterocycles. The second kappa shape index (κ2) is 7.42. The Bertz CT molecular complexity index is 1140. The zero-order chi connectivity index (χ0) is 20.8. The van der Waals surface area contributed by atoms with Crippen molar-refractivity contribution in [1.29, 1.82) is 0 Å². The summed E-state index contributed by atoms with van der Waals surface area (Å²) in [5, 5.41) is 1.26. The fourth-order valence-corrected chi connectivity index (χ4v) is 5.52. The number of aromatic nitrogens is 3. The van der Waals surface area contributed by atoms with Crippen molar-refractivity contribution in [3.05, 3.63) is 47.5 Å². The third-order valence-corrected chi connectivity index (χ3v) is 7.54. The van der Waals surface area contributed by atoms with Crippen LogP contribution in [0.5, 0.6) is 0 Å². The van der Waals surface area contributed by atoms with E-state index in [0.717, 1.165) is 23.0 Å². The van der Waals surface area contributed by atoms with Gasteiger partial charge in [-0.2, -0.15) is 4.31 Å². The van der Waals surface area contributed by atoms with Gasteiger partial charge in [-0.05, 0) is 31.9 Å². The molecule has 0 N–H and O–H groups in total. The molecule has 1 aromatic carbocycles. The molecule has 0 spiro atoms. The Hall–Kier alpha value is -2.45. The molecule has 0 radical (unpaired) electrons. The minimum atomic E-state index is -3.57. The third kappa shape index (κ3) is 3.40. The number of benzene rings is 1. The highest BCUT2D eigenvalue weighted by Crippen LogP contribution is 2.33. The second-order valence-corrected chi connectivity index (χ2v) is 9.41. The minimum Gasteiger partial charge on any atom is -0.368 e. The Labute approximate surface area is 172 Å². The topological polar surface area (TPSA) is 71.3 Å². The average molecular weight is 414 g/mol. The van der Waals surface area contributed by atoms with E-state index >= 15 is 0 Å². The lowest BCUT2D eigenvalue weighted by molar-refractivity contribution is 0.383. The van der Waals surface area contributed by atoms with Crippen molar-refractivity contribution in [1.82, 2.24) is 18.8 Å². The zero-order valence-electron chi connectivity index (χ0n) is 17.4. The van der Waals surface area contributed by atoms with Crippen molar-refractivity contribution in [2.24, 2.45) is 7.05 Å². The molecular formula is C21H27N5O2S. The van der Waals surface area contributed by atoms with E-state index in [0.29, 0.717) is 32.0 Å². The van der Waals surface area contributed by atoms with Crippen LogP contribution in [0.25, 0.3) is 10.9 Å². The van der Waals surface area contributed by atoms with Crippen LogP contribution >= 0.6 is 0 Å². The van der Waals surface area contributed by atoms with Gasteiger partial charge in [0, 0.05) is 50.5 Å². The summed E-state index contributed by atoms with van der Waals surface area (Å²) >= 11 is 0. The van der Waals surface area contributed by atoms with Crippen LogP contribution in [0.1, 0.15) is 24.0 Å². The van der Waals surface area contributed by atoms with Crippen LogP contribution in [0, 0.1) is 13.8 Å². The molecule has 29 heavy (non-hydrogen) atoms. The lowest BCUT2D eigenvalue weighted by atomic mass is 10.0. The molecule has 0 atom stereocenters. The largest absolute Gasteiger partial charge is 0.368 e. The number of piperazine rings is 1. The molecule has 154 valence electrons. The highest BCUT2D eigenvalue weighted by Gasteiger charge is 2.31. The van der Waals surface area contributed by atoms with Crippen LogP contribution in [0.2, 0.25) is 0 Å². The molecule has 0 saturated carbocycles. The van der Waals surface area contributed by atoms with Gasteiger partial charge < -0.3 is 9.47 Å². The van der Waals surface area contributed by atoms with E-state index in [1.807, 2.05) is 25.2 Å². The van der Waals surface area contributed by atoms with Gasteiger partial charge in [0.15, 0.2) is 5.03 Å². The number of fused-ring (bicyclic) bond motifs is 1. The number of nitrogens with zero attached hydrogens (tertiary/aromatic N) is 5. The van der Waals surface area contributed by atoms with Crippen molar-refractivity contribution in [2.75, 3.05) is 31.1 Å². The lowest BCUT2D eigenvalue weighted by Gasteiger charge is -2.36. The van der Waals surface area contributed by atoms with Crippen molar-refractivity contribution >= 4 is 26.6 Å². The molecule has 1 aliphatic rings. The summed E-state index contributed by atoms with van der Waals surface area (Å²) in [7, 11) is -1.77. The smallest absolute Gasteiger partial charge is 0.262 e. The van der Waals surface area contributed by atoms with Gasteiger partial charge in [-0.15, -0.1) is 0 Å². The molecule has 1 aliphatic heterocycles. The van der Waals surface area contributed by atoms with E-state index in [2.05, 4.69) is 29.8 Å². The van der Waals surface area contributed by atoms with Crippen LogP contribution in [0.15, 0.2) is 35.5 Å². The van der Waals surface area contributed by atoms with Crippen molar-refractivity contribution in [2.45, 2.75) is 32.2 Å². The molecule has 1 fully saturated rings. The summed E-state index contributed by atoms with van der Waals surface area (Å²) in [5.41, 5.74) is 4.46. The van der Waals surface area contributed by atoms with Crippen LogP contribution in [-0.4, -0.2) is 53.4 Å². The molecule has 7 nitrogen and oxygen atoms in total. The molecule has 3 aromatic rings. The summed E-state index contributed by atoms with van der Waals surface area (Å²) < 4.78 is 29.3. The fraction of sp³-hybridized carbons (Fsp3) is 0.429. The van der Waals surface area contributed by atoms with E-state index in [-0.39, 0.29) is 5.03 Å². The maximum Gasteiger partial charge on any atom is 0.262 e. The Kier molecular flexibility index (Phi) is 5.08. The van der Waals surface area contributed by atoms with Gasteiger partial charge in [0.25, 0.3) is 10.0 Å². The summed E-state index contributed by atoms with van der Waals surface area (Å²) in [5.74, 6) is 0.688. The van der Waals surface area contributed by atoms with Crippen LogP contribution in [0.4, 0.5) is 5.69 Å². The maximum absolute atomic E-state index is 13.0. The van der Waals surface area contributed by atoms with Crippen molar-refractivity contribution in [3.8, 4) is 0 Å². The van der Waals surface area contributed by atoms with Crippen LogP contribution < -0.4 is 4.90 Å². The standard InChI is InChI=1S/C21H27N5O2S/c1-5-17-15(2)22-19-9-7-6-8-18(19)21(17)25-10-12-26(13-11-25)29(27,28)20-14-24(4)16(3)23-20/h6-9,14H,5,10-13H2,1-4H3. The quantitative estimate of drug-likeness (QED) is 0.658. The first-order valence-electron chi connectivity index (χ1n) is 9.96. The van der Waals surface area contributed by atoms with Crippen LogP contribution in [0.3, 0.4) is 0 Å². The zero-order valence-corrected chi connectivity index (χ0v) is 18.2. The predicted octanol–water partition coefficient (Wildman–Crippen LogP) is 2.66. The number of anilines is 1. The van der Waals surface area contributed by atoms with E-state index in [1.54, 1.807) is 22.0 Å². The average Bonchev–Trinajstić information content (AvgIpc) is 3.06. The van der Waals surface area contributed by atoms with Gasteiger partial charge >= 0.3 is 0 Å². The predicted molar refractivity (Wildman–Crippen MR) is 115 cm³/mol. The highest BCUT2D eigenvalue weighted by atomic mass is 32.2. The van der Waals surface area contributed by atoms with E-state index in [9.17, 15) is 8.42 Å². The number of rotatable bonds is 4. The number of hydrogen-bond acceptors (Lipinski definition) is 5. The normalized spacial score (nSPS) is 15.9. The van der Waals surface area contributed by atoms with Gasteiger partial charge in [0.05, 0.1) is 11.2 Å². The first-order chi connectivity index (χ1) is 13.8. The Morgan fingerprint density at radius 2 is 1.72 bits per heavy atom. The molecule has 3 heterocycles. The number of sulfonamides is 1. The highest BCUT2D eigenvalue weighted by molar-refractivity contribution is 7.89. The van der Waals surface area contributed by atoms with Crippen molar-refractivity contribution < 1.29 is 8.42 Å². The molecule has 8 heteroatoms. The Morgan fingerprint density at radius 3 is 2.34 bits per heavy atom. The minimum absolute atomic E-state index is 0.130. The first-order valence-corrected chi connectivity index (χ1v) is 11.4. The van der Waals surface area contributed by atoms with E-state index < -0.39 is 10.0 Å². The molecule has 4 rings (SSSR count). The summed E-state index contributed by atoms with van der Waals surface area (Å²) in [4.78, 5) is 11.3. The summed E-state index contributed by atoms with van der Waals surface area (Å²) in [6, 6.07) is 8.18. The Balaban J connectivity index is 1.64. The number of pyridine rings is 1. The molecule has 2 aromatic heterocycles. The summed E-state index contributed by atoms with van der Waals surface area (Å²) in [6.45, 7) is 8.18. The number of imidazole rings is 1. The first kappa shape index (κ1) is 19.8. The molecular weight excluding hydrogens is 386 g/mol. The van der Waals surface area contributed by atoms with Crippen LogP contribution in [-0.2, 0) is 23.5 Å². The van der Waals surface area contributed by atoms with Crippen molar-refractivity contribution in [3.63, 3.8) is 0 Å². The maximum atomic E-state index is 13.0. The SMILES string of the molecule is CCc1c(C)nc2ccccc2c1N1CCN(S(=O)(=O)c2cn(C)c(C)n2)CC1. The van der Waals surface area contributed by atoms with Gasteiger partial charge in [0.2, 0.25) is 0 Å². The van der Waals surface area contributed by atoms with E-state index in [1.165, 1.54) is 11.3 Å². The third-order valence-electron chi connectivity index (χ3n) is 5.77. The molecule has 0 bridgehead atoms. The van der Waals surface area contributed by atoms with E-state index in [4.69, 9.17) is 4.98 Å². The molecule has 0 unspecified atom stereocenters. The number of hydrogen-bond donors (Lipinski definition) is 0. The fourth-order valence-electron chi connectivity index (χ4n) is 4.07. The number of para-hydroxylation sites is 1. The monoisotopic (exact) mass is 413 g/mol. The van der Waals surface area contributed by atoms with Gasteiger partial charge in [-0.1, -0.05) is 25.1 Å². The van der Waals surface area contributed by atoms with Gasteiger partial charge in [0.1, 0.15) is 5.82 Å². The molecule has 0 amide bonds. The lowest BCUT2D eigenvalue weighted by Crippen LogP contribution is -2.49. The van der Waals surface area contributed by atoms with Gasteiger partial charge in [-0.3, -0.25) is 4.98 Å². The second-order valence-electron chi connectivity index (χ2n) is 7.52. The van der Waals surface area contributed by atoms with Gasteiger partial charge in [-0.25, -0.2) is 13.4 Å². The molecule has 0 aliphatic carbocycles. The Morgan fingerprint density at radius 1 is 1.03 bits per heavy atom. The summed E-state index contributed by atoms with van der Waals surface area (Å²) in [6.07, 6.45) is 2.48.